The van der Waals surface area contributed by atoms with Gasteiger partial charge in [0.25, 0.3) is 0 Å². The van der Waals surface area contributed by atoms with Crippen molar-refractivity contribution < 1.29 is 4.74 Å². The van der Waals surface area contributed by atoms with E-state index in [9.17, 15) is 0 Å². The summed E-state index contributed by atoms with van der Waals surface area (Å²) in [4.78, 5) is 4.40. The van der Waals surface area contributed by atoms with Gasteiger partial charge in [0.05, 0.1) is 0 Å². The molecular formula is C16H19BrN2O. The van der Waals surface area contributed by atoms with Gasteiger partial charge < -0.3 is 10.5 Å². The van der Waals surface area contributed by atoms with Gasteiger partial charge in [0.1, 0.15) is 5.75 Å². The van der Waals surface area contributed by atoms with Crippen molar-refractivity contribution in [1.82, 2.24) is 4.98 Å². The Hall–Kier alpha value is -1.39. The molecule has 0 spiro atoms. The molecule has 0 fully saturated rings. The predicted octanol–water partition coefficient (Wildman–Crippen LogP) is 4.22. The monoisotopic (exact) mass is 334 g/mol. The largest absolute Gasteiger partial charge is 0.439 e. The summed E-state index contributed by atoms with van der Waals surface area (Å²) in [5.41, 5.74) is 8.14. The molecule has 1 heterocycles. The minimum Gasteiger partial charge on any atom is -0.439 e. The maximum atomic E-state index is 5.97. The van der Waals surface area contributed by atoms with E-state index in [0.29, 0.717) is 5.88 Å². The zero-order valence-electron chi connectivity index (χ0n) is 11.8. The third-order valence-electron chi connectivity index (χ3n) is 3.12. The lowest BCUT2D eigenvalue weighted by atomic mass is 10.1. The van der Waals surface area contributed by atoms with E-state index in [1.807, 2.05) is 37.4 Å². The van der Waals surface area contributed by atoms with Crippen LogP contribution in [0, 0.1) is 6.92 Å². The first-order valence-electron chi connectivity index (χ1n) is 6.73. The van der Waals surface area contributed by atoms with E-state index in [-0.39, 0.29) is 6.04 Å². The molecule has 0 bridgehead atoms. The summed E-state index contributed by atoms with van der Waals surface area (Å²) >= 11 is 3.43. The lowest BCUT2D eigenvalue weighted by Gasteiger charge is -2.11. The summed E-state index contributed by atoms with van der Waals surface area (Å²) in [6.45, 7) is 4.09. The molecule has 3 nitrogen and oxygen atoms in total. The highest BCUT2D eigenvalue weighted by molar-refractivity contribution is 9.10. The number of rotatable bonds is 5. The number of aryl methyl sites for hydroxylation is 1. The van der Waals surface area contributed by atoms with Gasteiger partial charge in [-0.05, 0) is 49.6 Å². The van der Waals surface area contributed by atoms with Gasteiger partial charge in [0.2, 0.25) is 5.88 Å². The van der Waals surface area contributed by atoms with Crippen molar-refractivity contribution in [2.75, 3.05) is 0 Å². The highest BCUT2D eigenvalue weighted by Gasteiger charge is 2.07. The van der Waals surface area contributed by atoms with E-state index < -0.39 is 0 Å². The van der Waals surface area contributed by atoms with Crippen LogP contribution in [0.1, 0.15) is 24.5 Å². The van der Waals surface area contributed by atoms with Crippen LogP contribution < -0.4 is 10.5 Å². The normalized spacial score (nSPS) is 12.2. The fourth-order valence-electron chi connectivity index (χ4n) is 1.93. The molecule has 106 valence electrons. The Kier molecular flexibility index (Phi) is 5.15. The molecule has 0 saturated carbocycles. The number of ether oxygens (including phenoxy) is 1. The van der Waals surface area contributed by atoms with Crippen LogP contribution in [-0.4, -0.2) is 11.0 Å². The summed E-state index contributed by atoms with van der Waals surface area (Å²) in [5, 5.41) is 0. The maximum absolute atomic E-state index is 5.97. The molecular weight excluding hydrogens is 316 g/mol. The topological polar surface area (TPSA) is 48.1 Å². The fourth-order valence-corrected chi connectivity index (χ4v) is 2.31. The fraction of sp³-hybridized carbons (Fsp3) is 0.312. The Labute approximate surface area is 128 Å². The minimum atomic E-state index is 0.188. The summed E-state index contributed by atoms with van der Waals surface area (Å²) in [6.07, 6.45) is 3.66. The molecule has 1 atom stereocenters. The third kappa shape index (κ3) is 4.05. The van der Waals surface area contributed by atoms with Crippen molar-refractivity contribution in [1.29, 1.82) is 0 Å². The lowest BCUT2D eigenvalue weighted by Crippen LogP contribution is -2.21. The van der Waals surface area contributed by atoms with Crippen LogP contribution in [0.4, 0.5) is 0 Å². The Morgan fingerprint density at radius 1 is 1.35 bits per heavy atom. The standard InChI is InChI=1S/C16H19BrN2O/c1-3-14(18)8-12-7-11(2)16(19-10-12)20-15-6-4-5-13(17)9-15/h4-7,9-10,14H,3,8,18H2,1-2H3. The number of hydrogen-bond acceptors (Lipinski definition) is 3. The first-order valence-corrected chi connectivity index (χ1v) is 7.52. The first kappa shape index (κ1) is 15.0. The van der Waals surface area contributed by atoms with Crippen molar-refractivity contribution in [3.05, 3.63) is 52.1 Å². The highest BCUT2D eigenvalue weighted by atomic mass is 79.9. The molecule has 0 amide bonds. The van der Waals surface area contributed by atoms with Gasteiger partial charge in [-0.25, -0.2) is 4.98 Å². The lowest BCUT2D eigenvalue weighted by molar-refractivity contribution is 0.458. The zero-order chi connectivity index (χ0) is 14.5. The smallest absolute Gasteiger partial charge is 0.222 e. The van der Waals surface area contributed by atoms with E-state index >= 15 is 0 Å². The Balaban J connectivity index is 2.13. The van der Waals surface area contributed by atoms with Crippen LogP contribution >= 0.6 is 15.9 Å². The molecule has 2 N–H and O–H groups in total. The van der Waals surface area contributed by atoms with E-state index in [0.717, 1.165) is 34.2 Å². The molecule has 2 aromatic rings. The molecule has 1 unspecified atom stereocenters. The van der Waals surface area contributed by atoms with E-state index in [4.69, 9.17) is 10.5 Å². The van der Waals surface area contributed by atoms with E-state index in [1.54, 1.807) is 0 Å². The molecule has 0 aliphatic carbocycles. The second-order valence-electron chi connectivity index (χ2n) is 4.90. The molecule has 0 aliphatic rings. The van der Waals surface area contributed by atoms with Gasteiger partial charge in [-0.2, -0.15) is 0 Å². The Bertz CT molecular complexity index is 586. The van der Waals surface area contributed by atoms with Crippen LogP contribution in [0.3, 0.4) is 0 Å². The second kappa shape index (κ2) is 6.86. The average Bonchev–Trinajstić information content (AvgIpc) is 2.42. The third-order valence-corrected chi connectivity index (χ3v) is 3.61. The Morgan fingerprint density at radius 3 is 2.80 bits per heavy atom. The number of benzene rings is 1. The minimum absolute atomic E-state index is 0.188. The molecule has 0 aliphatic heterocycles. The SMILES string of the molecule is CCC(N)Cc1cnc(Oc2cccc(Br)c2)c(C)c1. The molecule has 2 rings (SSSR count). The van der Waals surface area contributed by atoms with Gasteiger partial charge in [-0.1, -0.05) is 28.9 Å². The molecule has 1 aromatic carbocycles. The molecule has 20 heavy (non-hydrogen) atoms. The van der Waals surface area contributed by atoms with Crippen molar-refractivity contribution >= 4 is 15.9 Å². The number of aromatic nitrogens is 1. The van der Waals surface area contributed by atoms with Crippen LogP contribution in [0.25, 0.3) is 0 Å². The molecule has 0 saturated heterocycles. The van der Waals surface area contributed by atoms with Crippen molar-refractivity contribution in [2.24, 2.45) is 5.73 Å². The van der Waals surface area contributed by atoms with Crippen molar-refractivity contribution in [3.8, 4) is 11.6 Å². The maximum Gasteiger partial charge on any atom is 0.222 e. The van der Waals surface area contributed by atoms with Gasteiger partial charge >= 0.3 is 0 Å². The summed E-state index contributed by atoms with van der Waals surface area (Å²) in [6, 6.07) is 10.0. The molecule has 0 radical (unpaired) electrons. The van der Waals surface area contributed by atoms with E-state index in [2.05, 4.69) is 33.9 Å². The summed E-state index contributed by atoms with van der Waals surface area (Å²) in [7, 11) is 0. The van der Waals surface area contributed by atoms with Crippen molar-refractivity contribution in [2.45, 2.75) is 32.7 Å². The quantitative estimate of drug-likeness (QED) is 0.890. The first-order chi connectivity index (χ1) is 9.58. The Morgan fingerprint density at radius 2 is 2.15 bits per heavy atom. The van der Waals surface area contributed by atoms with Gasteiger partial charge in [0, 0.05) is 22.3 Å². The molecule has 1 aromatic heterocycles. The van der Waals surface area contributed by atoms with E-state index in [1.165, 1.54) is 0 Å². The number of nitrogens with zero attached hydrogens (tertiary/aromatic N) is 1. The number of nitrogens with two attached hydrogens (primary N) is 1. The number of halogens is 1. The predicted molar refractivity (Wildman–Crippen MR) is 85.2 cm³/mol. The zero-order valence-corrected chi connectivity index (χ0v) is 13.4. The van der Waals surface area contributed by atoms with Gasteiger partial charge in [0.15, 0.2) is 0 Å². The molecule has 4 heteroatoms. The van der Waals surface area contributed by atoms with Crippen LogP contribution in [0.15, 0.2) is 41.0 Å². The van der Waals surface area contributed by atoms with Crippen LogP contribution in [0.2, 0.25) is 0 Å². The summed E-state index contributed by atoms with van der Waals surface area (Å²) in [5.74, 6) is 1.41. The van der Waals surface area contributed by atoms with Gasteiger partial charge in [-0.15, -0.1) is 0 Å². The van der Waals surface area contributed by atoms with Crippen LogP contribution in [0.5, 0.6) is 11.6 Å². The summed E-state index contributed by atoms with van der Waals surface area (Å²) < 4.78 is 6.79. The second-order valence-corrected chi connectivity index (χ2v) is 5.81. The van der Waals surface area contributed by atoms with Crippen LogP contribution in [-0.2, 0) is 6.42 Å². The number of hydrogen-bond donors (Lipinski definition) is 1. The highest BCUT2D eigenvalue weighted by Crippen LogP contribution is 2.25. The van der Waals surface area contributed by atoms with Gasteiger partial charge in [-0.3, -0.25) is 0 Å². The van der Waals surface area contributed by atoms with Crippen molar-refractivity contribution in [3.63, 3.8) is 0 Å². The average molecular weight is 335 g/mol. The number of pyridine rings is 1.